The number of phenolic OH excluding ortho intramolecular Hbond substituents is 2. The molecule has 2 bridgehead atoms. The van der Waals surface area contributed by atoms with Crippen LogP contribution in [-0.2, 0) is 20.7 Å². The molecular weight excluding hydrogens is 328 g/mol. The smallest absolute Gasteiger partial charge is 0.342 e. The van der Waals surface area contributed by atoms with Crippen molar-refractivity contribution in [1.29, 1.82) is 0 Å². The molecule has 3 N–H and O–H groups in total. The first kappa shape index (κ1) is 17.4. The van der Waals surface area contributed by atoms with E-state index in [9.17, 15) is 24.9 Å². The molecule has 134 valence electrons. The van der Waals surface area contributed by atoms with Crippen molar-refractivity contribution in [3.63, 3.8) is 0 Å². The van der Waals surface area contributed by atoms with Crippen molar-refractivity contribution in [3.8, 4) is 11.5 Å². The summed E-state index contributed by atoms with van der Waals surface area (Å²) in [6, 6.07) is 2.29. The van der Waals surface area contributed by atoms with Gasteiger partial charge in [-0.25, -0.2) is 4.79 Å². The van der Waals surface area contributed by atoms with Crippen molar-refractivity contribution in [2.24, 2.45) is 0 Å². The molecule has 0 fully saturated rings. The standard InChI is InChI=1S/C18H20O7/c1-9-4-14(21)16-3-2-13(25-16)7-11(19)5-10-6-12(20)8-15(22)17(10)18(23)24-9/h2-3,6,8-9,13-14,16,20-22H,4-5,7H2,1H3/t9-,13-,14-,16+/m1/s1. The third kappa shape index (κ3) is 3.83. The van der Waals surface area contributed by atoms with Crippen LogP contribution < -0.4 is 0 Å². The number of cyclic esters (lactones) is 1. The van der Waals surface area contributed by atoms with Gasteiger partial charge in [0.05, 0.1) is 12.2 Å². The topological polar surface area (TPSA) is 113 Å². The Hall–Kier alpha value is -2.38. The molecule has 0 radical (unpaired) electrons. The zero-order valence-corrected chi connectivity index (χ0v) is 13.7. The summed E-state index contributed by atoms with van der Waals surface area (Å²) < 4.78 is 10.9. The largest absolute Gasteiger partial charge is 0.508 e. The number of ketones is 1. The minimum atomic E-state index is -0.882. The Morgan fingerprint density at radius 1 is 1.16 bits per heavy atom. The van der Waals surface area contributed by atoms with Crippen LogP contribution >= 0.6 is 0 Å². The summed E-state index contributed by atoms with van der Waals surface area (Å²) >= 11 is 0. The number of aliphatic hydroxyl groups is 1. The maximum absolute atomic E-state index is 12.4. The normalized spacial score (nSPS) is 30.0. The molecule has 2 aliphatic heterocycles. The molecule has 0 saturated carbocycles. The molecule has 1 aromatic carbocycles. The van der Waals surface area contributed by atoms with Gasteiger partial charge in [0.1, 0.15) is 35.1 Å². The van der Waals surface area contributed by atoms with Crippen LogP contribution in [0, 0.1) is 0 Å². The molecule has 0 unspecified atom stereocenters. The number of Topliss-reactive ketones (excluding diaryl/α,β-unsaturated/α-hetero) is 1. The van der Waals surface area contributed by atoms with E-state index in [4.69, 9.17) is 9.47 Å². The first-order valence-electron chi connectivity index (χ1n) is 8.13. The van der Waals surface area contributed by atoms with Crippen LogP contribution in [0.15, 0.2) is 24.3 Å². The number of carbonyl (C=O) groups is 2. The van der Waals surface area contributed by atoms with Crippen LogP contribution in [0.4, 0.5) is 0 Å². The summed E-state index contributed by atoms with van der Waals surface area (Å²) in [5, 5.41) is 29.9. The van der Waals surface area contributed by atoms with E-state index in [2.05, 4.69) is 0 Å². The van der Waals surface area contributed by atoms with E-state index in [1.165, 1.54) is 6.07 Å². The van der Waals surface area contributed by atoms with E-state index in [1.54, 1.807) is 19.1 Å². The minimum Gasteiger partial charge on any atom is -0.508 e. The minimum absolute atomic E-state index is 0.0696. The van der Waals surface area contributed by atoms with Crippen molar-refractivity contribution in [1.82, 2.24) is 0 Å². The number of carbonyl (C=O) groups excluding carboxylic acids is 2. The van der Waals surface area contributed by atoms with Crippen molar-refractivity contribution in [2.45, 2.75) is 50.6 Å². The highest BCUT2D eigenvalue weighted by Crippen LogP contribution is 2.30. The van der Waals surface area contributed by atoms with Gasteiger partial charge in [0.15, 0.2) is 0 Å². The lowest BCUT2D eigenvalue weighted by atomic mass is 9.98. The van der Waals surface area contributed by atoms with E-state index < -0.39 is 36.1 Å². The number of rotatable bonds is 0. The number of ether oxygens (including phenoxy) is 2. The second-order valence-corrected chi connectivity index (χ2v) is 6.46. The van der Waals surface area contributed by atoms with Crippen molar-refractivity contribution in [3.05, 3.63) is 35.4 Å². The predicted octanol–water partition coefficient (Wildman–Crippen LogP) is 1.23. The van der Waals surface area contributed by atoms with E-state index in [0.717, 1.165) is 6.07 Å². The number of hydrogen-bond acceptors (Lipinski definition) is 7. The highest BCUT2D eigenvalue weighted by atomic mass is 16.5. The number of esters is 1. The number of fused-ring (bicyclic) bond motifs is 3. The lowest BCUT2D eigenvalue weighted by Gasteiger charge is -2.22. The number of aromatic hydroxyl groups is 2. The quantitative estimate of drug-likeness (QED) is 0.477. The Morgan fingerprint density at radius 2 is 1.92 bits per heavy atom. The number of hydrogen-bond donors (Lipinski definition) is 3. The number of aliphatic hydroxyl groups excluding tert-OH is 1. The third-order valence-corrected chi connectivity index (χ3v) is 4.31. The summed E-state index contributed by atoms with van der Waals surface area (Å²) in [7, 11) is 0. The van der Waals surface area contributed by atoms with Gasteiger partial charge in [-0.05, 0) is 18.6 Å². The Morgan fingerprint density at radius 3 is 2.68 bits per heavy atom. The van der Waals surface area contributed by atoms with Gasteiger partial charge in [0.2, 0.25) is 0 Å². The van der Waals surface area contributed by atoms with Gasteiger partial charge in [-0.3, -0.25) is 4.79 Å². The Bertz CT molecular complexity index is 724. The summed E-state index contributed by atoms with van der Waals surface area (Å²) in [5.41, 5.74) is 0.0476. The summed E-state index contributed by atoms with van der Waals surface area (Å²) in [6.45, 7) is 1.62. The van der Waals surface area contributed by atoms with Gasteiger partial charge in [0.25, 0.3) is 0 Å². The maximum Gasteiger partial charge on any atom is 0.342 e. The molecule has 4 atom stereocenters. The van der Waals surface area contributed by atoms with Crippen molar-refractivity contribution < 1.29 is 34.4 Å². The van der Waals surface area contributed by atoms with Crippen molar-refractivity contribution >= 4 is 11.8 Å². The first-order chi connectivity index (χ1) is 11.8. The summed E-state index contributed by atoms with van der Waals surface area (Å²) in [4.78, 5) is 24.7. The molecule has 0 spiro atoms. The molecule has 1 aromatic rings. The second kappa shape index (κ2) is 6.85. The zero-order chi connectivity index (χ0) is 18.1. The molecule has 0 aromatic heterocycles. The van der Waals surface area contributed by atoms with E-state index in [-0.39, 0.29) is 41.9 Å². The molecular formula is C18H20O7. The fraction of sp³-hybridized carbons (Fsp3) is 0.444. The molecule has 3 rings (SSSR count). The lowest BCUT2D eigenvalue weighted by molar-refractivity contribution is -0.121. The molecule has 0 aliphatic carbocycles. The average molecular weight is 348 g/mol. The number of phenols is 2. The van der Waals surface area contributed by atoms with Crippen LogP contribution in [0.3, 0.4) is 0 Å². The molecule has 7 heteroatoms. The highest BCUT2D eigenvalue weighted by Gasteiger charge is 2.31. The molecule has 2 aliphatic rings. The van der Waals surface area contributed by atoms with Gasteiger partial charge in [-0.15, -0.1) is 0 Å². The fourth-order valence-electron chi connectivity index (χ4n) is 3.18. The van der Waals surface area contributed by atoms with Gasteiger partial charge >= 0.3 is 5.97 Å². The predicted molar refractivity (Wildman–Crippen MR) is 86.4 cm³/mol. The SMILES string of the molecule is C[C@@H]1C[C@@H](O)[C@@H]2C=C[C@H](CC(=O)Cc3cc(O)cc(O)c3C(=O)O1)O2. The summed E-state index contributed by atoms with van der Waals surface area (Å²) in [5.74, 6) is -1.73. The van der Waals surface area contributed by atoms with Crippen LogP contribution in [0.25, 0.3) is 0 Å². The van der Waals surface area contributed by atoms with E-state index >= 15 is 0 Å². The third-order valence-electron chi connectivity index (χ3n) is 4.31. The Kier molecular flexibility index (Phi) is 4.78. The van der Waals surface area contributed by atoms with Crippen LogP contribution in [0.5, 0.6) is 11.5 Å². The summed E-state index contributed by atoms with van der Waals surface area (Å²) in [6.07, 6.45) is 0.985. The van der Waals surface area contributed by atoms with Gasteiger partial charge in [-0.1, -0.05) is 12.2 Å². The highest BCUT2D eigenvalue weighted by molar-refractivity contribution is 5.96. The molecule has 25 heavy (non-hydrogen) atoms. The molecule has 2 heterocycles. The first-order valence-corrected chi connectivity index (χ1v) is 8.13. The van der Waals surface area contributed by atoms with Crippen LogP contribution in [0.2, 0.25) is 0 Å². The maximum atomic E-state index is 12.4. The molecule has 0 saturated heterocycles. The van der Waals surface area contributed by atoms with Crippen LogP contribution in [0.1, 0.15) is 35.7 Å². The molecule has 7 nitrogen and oxygen atoms in total. The number of benzene rings is 1. The van der Waals surface area contributed by atoms with Gasteiger partial charge in [0, 0.05) is 25.3 Å². The van der Waals surface area contributed by atoms with Gasteiger partial charge < -0.3 is 24.8 Å². The van der Waals surface area contributed by atoms with Gasteiger partial charge in [-0.2, -0.15) is 0 Å². The van der Waals surface area contributed by atoms with Crippen LogP contribution in [-0.4, -0.2) is 51.5 Å². The van der Waals surface area contributed by atoms with E-state index in [0.29, 0.717) is 0 Å². The lowest BCUT2D eigenvalue weighted by Crippen LogP contribution is -2.31. The Labute approximate surface area is 144 Å². The monoisotopic (exact) mass is 348 g/mol. The average Bonchev–Trinajstić information content (AvgIpc) is 2.93. The van der Waals surface area contributed by atoms with Crippen molar-refractivity contribution in [2.75, 3.05) is 0 Å². The second-order valence-electron chi connectivity index (χ2n) is 6.46. The zero-order valence-electron chi connectivity index (χ0n) is 13.7. The fourth-order valence-corrected chi connectivity index (χ4v) is 3.18. The Balaban J connectivity index is 1.97. The van der Waals surface area contributed by atoms with E-state index in [1.807, 2.05) is 0 Å². The molecule has 0 amide bonds.